The minimum absolute atomic E-state index is 0. The molecule has 7 rings (SSSR count). The molecule has 84 heavy (non-hydrogen) atoms. The third kappa shape index (κ3) is 17.0. The highest BCUT2D eigenvalue weighted by atomic mass is 127. The molecule has 0 aliphatic carbocycles. The number of hydrogen-bond donors (Lipinski definition) is 3. The quantitative estimate of drug-likeness (QED) is 0.0416. The van der Waals surface area contributed by atoms with Crippen molar-refractivity contribution in [1.29, 1.82) is 0 Å². The normalized spacial score (nSPS) is 13.4. The van der Waals surface area contributed by atoms with E-state index in [1.165, 1.54) is 12.1 Å². The molecule has 456 valence electrons. The summed E-state index contributed by atoms with van der Waals surface area (Å²) in [6.45, 7) is 20.3. The summed E-state index contributed by atoms with van der Waals surface area (Å²) in [6.07, 6.45) is 7.55. The molecule has 0 saturated heterocycles. The van der Waals surface area contributed by atoms with E-state index >= 15 is 0 Å². The van der Waals surface area contributed by atoms with Crippen LogP contribution in [0.3, 0.4) is 0 Å². The zero-order valence-electron chi connectivity index (χ0n) is 49.7. The summed E-state index contributed by atoms with van der Waals surface area (Å²) in [5.74, 6) is 2.15. The van der Waals surface area contributed by atoms with E-state index in [1.807, 2.05) is 109 Å². The fourth-order valence-corrected chi connectivity index (χ4v) is 23.5. The van der Waals surface area contributed by atoms with Gasteiger partial charge in [0.15, 0.2) is 19.7 Å². The number of aromatic nitrogens is 1. The Labute approximate surface area is 516 Å². The van der Waals surface area contributed by atoms with Crippen LogP contribution in [0.2, 0.25) is 10.1 Å². The minimum Gasteiger partial charge on any atom is -0.403 e. The number of fused-ring (bicyclic) bond motifs is 1. The number of hydrogen-bond acceptors (Lipinski definition) is 12. The van der Waals surface area contributed by atoms with E-state index in [2.05, 4.69) is 101 Å². The van der Waals surface area contributed by atoms with E-state index in [4.69, 9.17) is 20.4 Å². The summed E-state index contributed by atoms with van der Waals surface area (Å²) in [5.41, 5.74) is 1.55. The lowest BCUT2D eigenvalue weighted by Crippen LogP contribution is -2.66. The molecular formula is C63H83IN2O12S4Si2. The Kier molecular flexibility index (Phi) is 24.0. The third-order valence-electron chi connectivity index (χ3n) is 14.0. The molecule has 0 fully saturated rings. The first-order valence-electron chi connectivity index (χ1n) is 26.7. The molecule has 3 N–H and O–H groups in total. The van der Waals surface area contributed by atoms with E-state index in [0.717, 1.165) is 49.7 Å². The highest BCUT2D eigenvalue weighted by Crippen LogP contribution is 2.41. The second-order valence-corrected chi connectivity index (χ2v) is 40.7. The summed E-state index contributed by atoms with van der Waals surface area (Å²) < 4.78 is 119. The van der Waals surface area contributed by atoms with Gasteiger partial charge in [-0.05, 0) is 107 Å². The van der Waals surface area contributed by atoms with Gasteiger partial charge in [0.25, 0.3) is 16.6 Å². The largest absolute Gasteiger partial charge is 0.403 e. The minimum atomic E-state index is -3.86. The van der Waals surface area contributed by atoms with Gasteiger partial charge in [0.05, 0.1) is 58.5 Å². The Hall–Kier alpha value is -4.98. The van der Waals surface area contributed by atoms with Crippen molar-refractivity contribution < 1.29 is 52.7 Å². The van der Waals surface area contributed by atoms with Crippen molar-refractivity contribution in [2.24, 2.45) is 11.8 Å². The van der Waals surface area contributed by atoms with Crippen LogP contribution in [-0.4, -0.2) is 95.6 Å². The van der Waals surface area contributed by atoms with Gasteiger partial charge in [-0.1, -0.05) is 204 Å². The zero-order chi connectivity index (χ0) is 62.3. The van der Waals surface area contributed by atoms with E-state index in [0.29, 0.717) is 20.1 Å². The molecule has 0 spiro atoms. The number of nitrogens with zero attached hydrogens (tertiary/aromatic N) is 1. The summed E-state index contributed by atoms with van der Waals surface area (Å²) in [7, 11) is -20.8. The van der Waals surface area contributed by atoms with Crippen LogP contribution in [0.4, 0.5) is 5.69 Å². The molecule has 2 atom stereocenters. The Balaban J connectivity index is 0.000000323. The van der Waals surface area contributed by atoms with Gasteiger partial charge < -0.3 is 19.1 Å². The van der Waals surface area contributed by atoms with Crippen molar-refractivity contribution in [3.05, 3.63) is 172 Å². The number of aliphatic hydroxyl groups excluding tert-OH is 2. The molecule has 7 aromatic rings. The molecule has 0 saturated carbocycles. The van der Waals surface area contributed by atoms with Crippen LogP contribution in [0.25, 0.3) is 10.9 Å². The van der Waals surface area contributed by atoms with Gasteiger partial charge in [-0.2, -0.15) is 0 Å². The fourth-order valence-electron chi connectivity index (χ4n) is 10.1. The van der Waals surface area contributed by atoms with Crippen LogP contribution in [-0.2, 0) is 61.8 Å². The molecule has 1 aromatic heterocycles. The lowest BCUT2D eigenvalue weighted by molar-refractivity contribution is 0.122. The van der Waals surface area contributed by atoms with Gasteiger partial charge in [-0.25, -0.2) is 37.6 Å². The number of halogens is 1. The molecule has 21 heteroatoms. The number of benzene rings is 6. The predicted octanol–water partition coefficient (Wildman–Crippen LogP) is 10.0. The van der Waals surface area contributed by atoms with Crippen molar-refractivity contribution in [2.45, 2.75) is 122 Å². The Bertz CT molecular complexity index is 3790. The number of anilines is 1. The molecule has 1 heterocycles. The number of terminal acetylenes is 1. The average molecular weight is 1370 g/mol. The zero-order valence-corrected chi connectivity index (χ0v) is 57.1. The summed E-state index contributed by atoms with van der Waals surface area (Å²) in [5, 5.41) is 23.8. The SMILES string of the molecule is C.C#CC(O)C(C)C.CC(C)(C)[Si](OCc1cc(I)c(NS(C)(=O)=O)cc1S(C)(=O)=O)(c1ccccc1)c1ccccc1.CC(C)C(O)c1cc2cc(CO[Si](c3ccccc3)(c3ccccc3)C(C)(C)C)c(S(C)(=O)=O)cc2n1S(C)(=O)=O. The van der Waals surface area contributed by atoms with Crippen molar-refractivity contribution in [3.8, 4) is 12.3 Å². The van der Waals surface area contributed by atoms with Crippen molar-refractivity contribution in [1.82, 2.24) is 3.97 Å². The molecule has 0 aliphatic rings. The molecular weight excluding hydrogens is 1290 g/mol. The monoisotopic (exact) mass is 1370 g/mol. The average Bonchev–Trinajstić information content (AvgIpc) is 2.22. The molecule has 0 radical (unpaired) electrons. The Morgan fingerprint density at radius 3 is 1.21 bits per heavy atom. The van der Waals surface area contributed by atoms with E-state index < -0.39 is 68.6 Å². The third-order valence-corrected chi connectivity index (χ3v) is 28.9. The van der Waals surface area contributed by atoms with Crippen LogP contribution < -0.4 is 25.5 Å². The molecule has 6 aromatic carbocycles. The first kappa shape index (κ1) is 71.5. The van der Waals surface area contributed by atoms with E-state index in [-0.39, 0.29) is 69.2 Å². The second-order valence-electron chi connectivity index (χ2n) is 23.4. The van der Waals surface area contributed by atoms with E-state index in [9.17, 15) is 38.8 Å². The van der Waals surface area contributed by atoms with Gasteiger partial charge in [0.1, 0.15) is 6.10 Å². The predicted molar refractivity (Wildman–Crippen MR) is 357 cm³/mol. The first-order valence-corrected chi connectivity index (χ1v) is 39.1. The van der Waals surface area contributed by atoms with Crippen LogP contribution in [0, 0.1) is 27.7 Å². The number of nitrogens with one attached hydrogen (secondary N) is 1. The number of aliphatic hydroxyl groups is 2. The van der Waals surface area contributed by atoms with Gasteiger partial charge >= 0.3 is 0 Å². The van der Waals surface area contributed by atoms with Gasteiger partial charge in [0.2, 0.25) is 20.0 Å². The number of sulfone groups is 2. The lowest BCUT2D eigenvalue weighted by Gasteiger charge is -2.43. The van der Waals surface area contributed by atoms with Crippen molar-refractivity contribution in [3.63, 3.8) is 0 Å². The lowest BCUT2D eigenvalue weighted by atomic mass is 10.0. The van der Waals surface area contributed by atoms with Gasteiger partial charge in [-0.3, -0.25) is 4.72 Å². The molecule has 14 nitrogen and oxygen atoms in total. The number of sulfonamides is 1. The summed E-state index contributed by atoms with van der Waals surface area (Å²) >= 11 is 2.00. The van der Waals surface area contributed by atoms with Crippen molar-refractivity contribution in [2.75, 3.05) is 29.7 Å². The standard InChI is InChI=1S/C31H39NO6S2Si.C25H30INO5S2Si.C6H10O.CH4/c1-22(2)30(33)28-19-23-18-24(29(39(6,34)35)20-27(23)32(28)40(7,36)37)21-38-41(31(3,4)5,25-14-10-8-11-15-25)26-16-12-9-13-17-26;1-25(2,3)35(20-12-8-6-9-13-20,21-14-10-7-11-15-21)32-18-19-16-22(26)23(27-34(5,30)31)17-24(19)33(4,28)29;1-4-6(7)5(2)3;/h8-20,22,30,33H,21H2,1-7H3;6-17,27H,18H2,1-5H3;1,5-7H,2-3H3;1H4. The van der Waals surface area contributed by atoms with Crippen LogP contribution in [0.15, 0.2) is 161 Å². The van der Waals surface area contributed by atoms with Crippen LogP contribution in [0.5, 0.6) is 0 Å². The maximum atomic E-state index is 13.1. The smallest absolute Gasteiger partial charge is 0.261 e. The van der Waals surface area contributed by atoms with Gasteiger partial charge in [0, 0.05) is 21.5 Å². The summed E-state index contributed by atoms with van der Waals surface area (Å²) in [4.78, 5) is 0.0403. The molecule has 0 aliphatic heterocycles. The highest BCUT2D eigenvalue weighted by Gasteiger charge is 2.51. The Morgan fingerprint density at radius 2 is 0.929 bits per heavy atom. The fraction of sp³-hybridized carbons (Fsp3) is 0.365. The molecule has 0 amide bonds. The Morgan fingerprint density at radius 1 is 0.571 bits per heavy atom. The van der Waals surface area contributed by atoms with Crippen LogP contribution >= 0.6 is 22.6 Å². The topological polar surface area (TPSA) is 212 Å². The maximum absolute atomic E-state index is 13.1. The van der Waals surface area contributed by atoms with E-state index in [1.54, 1.807) is 32.0 Å². The second kappa shape index (κ2) is 28.2. The number of rotatable bonds is 18. The van der Waals surface area contributed by atoms with Crippen molar-refractivity contribution >= 4 is 116 Å². The van der Waals surface area contributed by atoms with Gasteiger partial charge in [-0.15, -0.1) is 6.42 Å². The molecule has 2 unspecified atom stereocenters. The highest BCUT2D eigenvalue weighted by molar-refractivity contribution is 14.1. The van der Waals surface area contributed by atoms with Crippen LogP contribution in [0.1, 0.15) is 99.6 Å². The summed E-state index contributed by atoms with van der Waals surface area (Å²) in [6, 6.07) is 48.1. The molecule has 0 bridgehead atoms. The maximum Gasteiger partial charge on any atom is 0.261 e. The first-order chi connectivity index (χ1) is 38.3.